The molecule has 1 saturated heterocycles. The number of rotatable bonds is 3. The Morgan fingerprint density at radius 1 is 1.00 bits per heavy atom. The smallest absolute Gasteiger partial charge is 0.262 e. The summed E-state index contributed by atoms with van der Waals surface area (Å²) < 4.78 is 0. The highest BCUT2D eigenvalue weighted by Crippen LogP contribution is 2.31. The fraction of sp³-hybridized carbons (Fsp3) is 0.400. The quantitative estimate of drug-likeness (QED) is 0.843. The summed E-state index contributed by atoms with van der Waals surface area (Å²) in [4.78, 5) is 37.6. The lowest BCUT2D eigenvalue weighted by molar-refractivity contribution is -0.126. The Labute approximate surface area is 143 Å². The van der Waals surface area contributed by atoms with E-state index in [0.29, 0.717) is 0 Å². The number of hydrazine groups is 1. The van der Waals surface area contributed by atoms with Crippen LogP contribution in [0.15, 0.2) is 12.1 Å². The molecule has 1 N–H and O–H groups in total. The summed E-state index contributed by atoms with van der Waals surface area (Å²) in [6, 6.07) is 2.73. The Balaban J connectivity index is 1.70. The molecule has 0 radical (unpaired) electrons. The zero-order valence-corrected chi connectivity index (χ0v) is 13.8. The minimum atomic E-state index is -0.530. The topological polar surface area (TPSA) is 69.7 Å². The van der Waals surface area contributed by atoms with Crippen molar-refractivity contribution in [3.8, 4) is 0 Å². The van der Waals surface area contributed by atoms with E-state index in [1.54, 1.807) is 0 Å². The second kappa shape index (κ2) is 6.47. The minimum absolute atomic E-state index is 0.176. The molecule has 1 aromatic rings. The number of halogens is 2. The van der Waals surface area contributed by atoms with E-state index in [0.717, 1.165) is 37.3 Å². The van der Waals surface area contributed by atoms with Crippen LogP contribution >= 0.6 is 23.2 Å². The molecule has 0 aliphatic carbocycles. The number of amides is 3. The molecule has 1 fully saturated rings. The summed E-state index contributed by atoms with van der Waals surface area (Å²) in [5.74, 6) is -1.45. The summed E-state index contributed by atoms with van der Waals surface area (Å²) in [6.45, 7) is 1.23. The first-order valence-corrected chi connectivity index (χ1v) is 8.12. The van der Waals surface area contributed by atoms with Gasteiger partial charge in [-0.1, -0.05) is 29.6 Å². The van der Waals surface area contributed by atoms with Crippen LogP contribution in [0.25, 0.3) is 0 Å². The van der Waals surface area contributed by atoms with Crippen molar-refractivity contribution < 1.29 is 14.4 Å². The monoisotopic (exact) mass is 355 g/mol. The first-order chi connectivity index (χ1) is 11.0. The summed E-state index contributed by atoms with van der Waals surface area (Å²) in [5, 5.41) is 2.22. The standard InChI is InChI=1S/C15H15Cl2N3O3/c16-11-6-9-10(7-12(11)17)15(23)20(14(9)22)8-13(21)18-19-4-2-1-3-5-19/h6-7H,1-5,8H2,(H,18,21). The van der Waals surface area contributed by atoms with Gasteiger partial charge in [-0.25, -0.2) is 5.01 Å². The lowest BCUT2D eigenvalue weighted by atomic mass is 10.1. The molecule has 23 heavy (non-hydrogen) atoms. The average molecular weight is 356 g/mol. The van der Waals surface area contributed by atoms with Gasteiger partial charge in [0.2, 0.25) is 0 Å². The number of nitrogens with zero attached hydrogens (tertiary/aromatic N) is 2. The van der Waals surface area contributed by atoms with Crippen LogP contribution < -0.4 is 5.43 Å². The van der Waals surface area contributed by atoms with E-state index in [9.17, 15) is 14.4 Å². The summed E-state index contributed by atoms with van der Waals surface area (Å²) in [5.41, 5.74) is 3.08. The minimum Gasteiger partial charge on any atom is -0.287 e. The zero-order valence-electron chi connectivity index (χ0n) is 12.3. The molecule has 0 saturated carbocycles. The van der Waals surface area contributed by atoms with Crippen molar-refractivity contribution in [2.24, 2.45) is 0 Å². The molecule has 8 heteroatoms. The van der Waals surface area contributed by atoms with E-state index in [4.69, 9.17) is 23.2 Å². The van der Waals surface area contributed by atoms with Crippen molar-refractivity contribution in [1.82, 2.24) is 15.3 Å². The molecule has 122 valence electrons. The third kappa shape index (κ3) is 3.20. The van der Waals surface area contributed by atoms with Crippen LogP contribution in [0.5, 0.6) is 0 Å². The fourth-order valence-electron chi connectivity index (χ4n) is 2.79. The molecule has 3 rings (SSSR count). The van der Waals surface area contributed by atoms with Crippen molar-refractivity contribution in [1.29, 1.82) is 0 Å². The van der Waals surface area contributed by atoms with Crippen molar-refractivity contribution in [3.05, 3.63) is 33.3 Å². The number of carbonyl (C=O) groups excluding carboxylic acids is 3. The molecule has 2 aliphatic rings. The van der Waals surface area contributed by atoms with Crippen LogP contribution in [0.4, 0.5) is 0 Å². The van der Waals surface area contributed by atoms with Gasteiger partial charge in [0.1, 0.15) is 6.54 Å². The van der Waals surface area contributed by atoms with Gasteiger partial charge in [0.25, 0.3) is 17.7 Å². The van der Waals surface area contributed by atoms with Gasteiger partial charge in [-0.3, -0.25) is 24.7 Å². The average Bonchev–Trinajstić information content (AvgIpc) is 2.74. The third-order valence-corrected chi connectivity index (χ3v) is 4.67. The predicted molar refractivity (Wildman–Crippen MR) is 85.4 cm³/mol. The van der Waals surface area contributed by atoms with Gasteiger partial charge < -0.3 is 0 Å². The normalized spacial score (nSPS) is 18.3. The summed E-state index contributed by atoms with van der Waals surface area (Å²) >= 11 is 11.8. The van der Waals surface area contributed by atoms with E-state index < -0.39 is 17.7 Å². The summed E-state index contributed by atoms with van der Waals surface area (Å²) in [7, 11) is 0. The Morgan fingerprint density at radius 3 is 2.04 bits per heavy atom. The molecule has 0 aromatic heterocycles. The number of hydrogen-bond acceptors (Lipinski definition) is 4. The highest BCUT2D eigenvalue weighted by molar-refractivity contribution is 6.43. The molecular weight excluding hydrogens is 341 g/mol. The first kappa shape index (κ1) is 16.2. The predicted octanol–water partition coefficient (Wildman–Crippen LogP) is 2.11. The van der Waals surface area contributed by atoms with E-state index in [-0.39, 0.29) is 27.7 Å². The van der Waals surface area contributed by atoms with Crippen molar-refractivity contribution in [3.63, 3.8) is 0 Å². The Kier molecular flexibility index (Phi) is 4.57. The Hall–Kier alpha value is -1.63. The van der Waals surface area contributed by atoms with E-state index in [2.05, 4.69) is 5.43 Å². The SMILES string of the molecule is O=C(CN1C(=O)c2cc(Cl)c(Cl)cc2C1=O)NN1CCCCC1. The number of benzene rings is 1. The van der Waals surface area contributed by atoms with Gasteiger partial charge in [0.15, 0.2) is 0 Å². The van der Waals surface area contributed by atoms with Crippen molar-refractivity contribution >= 4 is 40.9 Å². The van der Waals surface area contributed by atoms with Gasteiger partial charge in [0.05, 0.1) is 21.2 Å². The number of piperidine rings is 1. The number of carbonyl (C=O) groups is 3. The van der Waals surface area contributed by atoms with Crippen LogP contribution in [0, 0.1) is 0 Å². The number of imide groups is 1. The number of hydrogen-bond donors (Lipinski definition) is 1. The zero-order chi connectivity index (χ0) is 16.6. The second-order valence-electron chi connectivity index (χ2n) is 5.59. The Bertz CT molecular complexity index is 646. The van der Waals surface area contributed by atoms with Crippen LogP contribution in [0.1, 0.15) is 40.0 Å². The van der Waals surface area contributed by atoms with Gasteiger partial charge in [0, 0.05) is 13.1 Å². The van der Waals surface area contributed by atoms with Gasteiger partial charge in [-0.15, -0.1) is 0 Å². The van der Waals surface area contributed by atoms with Crippen LogP contribution in [0.2, 0.25) is 10.0 Å². The second-order valence-corrected chi connectivity index (χ2v) is 6.41. The highest BCUT2D eigenvalue weighted by atomic mass is 35.5. The maximum Gasteiger partial charge on any atom is 0.262 e. The largest absolute Gasteiger partial charge is 0.287 e. The van der Waals surface area contributed by atoms with Crippen LogP contribution in [0.3, 0.4) is 0 Å². The van der Waals surface area contributed by atoms with Crippen molar-refractivity contribution in [2.75, 3.05) is 19.6 Å². The molecular formula is C15H15Cl2N3O3. The maximum atomic E-state index is 12.3. The summed E-state index contributed by atoms with van der Waals surface area (Å²) in [6.07, 6.45) is 3.18. The maximum absolute atomic E-state index is 12.3. The molecule has 2 heterocycles. The Morgan fingerprint density at radius 2 is 1.52 bits per heavy atom. The van der Waals surface area contributed by atoms with E-state index in [1.165, 1.54) is 12.1 Å². The van der Waals surface area contributed by atoms with Gasteiger partial charge >= 0.3 is 0 Å². The molecule has 0 spiro atoms. The number of nitrogens with one attached hydrogen (secondary N) is 1. The molecule has 6 nitrogen and oxygen atoms in total. The molecule has 3 amide bonds. The molecule has 2 aliphatic heterocycles. The first-order valence-electron chi connectivity index (χ1n) is 7.37. The molecule has 1 aromatic carbocycles. The number of fused-ring (bicyclic) bond motifs is 1. The highest BCUT2D eigenvalue weighted by Gasteiger charge is 2.37. The van der Waals surface area contributed by atoms with E-state index >= 15 is 0 Å². The van der Waals surface area contributed by atoms with E-state index in [1.807, 2.05) is 5.01 Å². The lowest BCUT2D eigenvalue weighted by Crippen LogP contribution is -2.49. The van der Waals surface area contributed by atoms with Crippen LogP contribution in [-0.4, -0.2) is 47.3 Å². The van der Waals surface area contributed by atoms with Gasteiger partial charge in [-0.2, -0.15) is 0 Å². The fourth-order valence-corrected chi connectivity index (χ4v) is 3.12. The van der Waals surface area contributed by atoms with Gasteiger partial charge in [-0.05, 0) is 25.0 Å². The van der Waals surface area contributed by atoms with Crippen LogP contribution in [-0.2, 0) is 4.79 Å². The molecule has 0 bridgehead atoms. The third-order valence-electron chi connectivity index (χ3n) is 3.95. The molecule has 0 unspecified atom stereocenters. The molecule has 0 atom stereocenters. The lowest BCUT2D eigenvalue weighted by Gasteiger charge is -2.27. The van der Waals surface area contributed by atoms with Crippen molar-refractivity contribution in [2.45, 2.75) is 19.3 Å².